The maximum absolute atomic E-state index is 5.90. The molecule has 4 nitrogen and oxygen atoms in total. The van der Waals surface area contributed by atoms with Crippen LogP contribution >= 0.6 is 0 Å². The molecule has 0 radical (unpaired) electrons. The van der Waals surface area contributed by atoms with E-state index in [1.807, 2.05) is 25.1 Å². The first-order chi connectivity index (χ1) is 9.06. The minimum Gasteiger partial charge on any atom is -0.497 e. The summed E-state index contributed by atoms with van der Waals surface area (Å²) in [6.07, 6.45) is 0.0243. The van der Waals surface area contributed by atoms with Crippen LogP contribution in [-0.4, -0.2) is 33.0 Å². The molecule has 0 aliphatic carbocycles. The minimum atomic E-state index is 0.0243. The Morgan fingerprint density at radius 3 is 2.47 bits per heavy atom. The van der Waals surface area contributed by atoms with Gasteiger partial charge in [0.25, 0.3) is 0 Å². The van der Waals surface area contributed by atoms with Crippen LogP contribution in [0.1, 0.15) is 26.3 Å². The van der Waals surface area contributed by atoms with E-state index in [1.54, 1.807) is 14.2 Å². The highest BCUT2D eigenvalue weighted by Gasteiger charge is 2.10. The van der Waals surface area contributed by atoms with Crippen molar-refractivity contribution in [1.82, 2.24) is 5.32 Å². The highest BCUT2D eigenvalue weighted by atomic mass is 16.5. The van der Waals surface area contributed by atoms with Crippen LogP contribution in [0.3, 0.4) is 0 Å². The fraction of sp³-hybridized carbons (Fsp3) is 0.600. The summed E-state index contributed by atoms with van der Waals surface area (Å²) in [5, 5.41) is 3.39. The Morgan fingerprint density at radius 2 is 1.89 bits per heavy atom. The van der Waals surface area contributed by atoms with Crippen molar-refractivity contribution in [3.05, 3.63) is 23.8 Å². The van der Waals surface area contributed by atoms with Gasteiger partial charge >= 0.3 is 0 Å². The van der Waals surface area contributed by atoms with Gasteiger partial charge in [0.1, 0.15) is 17.6 Å². The lowest BCUT2D eigenvalue weighted by Crippen LogP contribution is -2.23. The average Bonchev–Trinajstić information content (AvgIpc) is 2.37. The van der Waals surface area contributed by atoms with Gasteiger partial charge in [0.15, 0.2) is 0 Å². The van der Waals surface area contributed by atoms with Crippen molar-refractivity contribution >= 4 is 0 Å². The molecule has 0 fully saturated rings. The van der Waals surface area contributed by atoms with Crippen LogP contribution in [0.4, 0.5) is 0 Å². The topological polar surface area (TPSA) is 39.7 Å². The van der Waals surface area contributed by atoms with Crippen LogP contribution in [0, 0.1) is 0 Å². The van der Waals surface area contributed by atoms with Gasteiger partial charge in [-0.2, -0.15) is 0 Å². The maximum atomic E-state index is 5.90. The summed E-state index contributed by atoms with van der Waals surface area (Å²) < 4.78 is 16.3. The van der Waals surface area contributed by atoms with Crippen molar-refractivity contribution in [3.63, 3.8) is 0 Å². The monoisotopic (exact) mass is 267 g/mol. The van der Waals surface area contributed by atoms with Gasteiger partial charge in [-0.15, -0.1) is 0 Å². The van der Waals surface area contributed by atoms with E-state index < -0.39 is 0 Å². The molecule has 1 unspecified atom stereocenters. The first-order valence-corrected chi connectivity index (χ1v) is 6.62. The van der Waals surface area contributed by atoms with Gasteiger partial charge in [-0.3, -0.25) is 0 Å². The fourth-order valence-corrected chi connectivity index (χ4v) is 1.74. The fourth-order valence-electron chi connectivity index (χ4n) is 1.74. The normalized spacial score (nSPS) is 12.5. The summed E-state index contributed by atoms with van der Waals surface area (Å²) in [5.41, 5.74) is 1.09. The Kier molecular flexibility index (Phi) is 6.67. The highest BCUT2D eigenvalue weighted by molar-refractivity contribution is 5.40. The molecule has 1 aromatic rings. The van der Waals surface area contributed by atoms with Gasteiger partial charge in [0.2, 0.25) is 0 Å². The summed E-state index contributed by atoms with van der Waals surface area (Å²) in [7, 11) is 3.35. The van der Waals surface area contributed by atoms with Crippen molar-refractivity contribution < 1.29 is 14.2 Å². The first-order valence-electron chi connectivity index (χ1n) is 6.62. The van der Waals surface area contributed by atoms with Crippen molar-refractivity contribution in [3.8, 4) is 11.5 Å². The van der Waals surface area contributed by atoms with E-state index in [-0.39, 0.29) is 6.10 Å². The first kappa shape index (κ1) is 15.8. The Balaban J connectivity index is 2.82. The number of hydrogen-bond acceptors (Lipinski definition) is 4. The Labute approximate surface area is 116 Å². The predicted molar refractivity (Wildman–Crippen MR) is 76.9 cm³/mol. The molecule has 1 atom stereocenters. The van der Waals surface area contributed by atoms with Crippen molar-refractivity contribution in [1.29, 1.82) is 0 Å². The number of ether oxygens (including phenoxy) is 3. The van der Waals surface area contributed by atoms with E-state index in [1.165, 1.54) is 0 Å². The Hall–Kier alpha value is -1.26. The zero-order chi connectivity index (χ0) is 14.3. The summed E-state index contributed by atoms with van der Waals surface area (Å²) in [6, 6.07) is 6.29. The zero-order valence-electron chi connectivity index (χ0n) is 12.5. The van der Waals surface area contributed by atoms with Crippen LogP contribution in [0.5, 0.6) is 11.5 Å². The standard InChI is InChI=1S/C15H25NO3/c1-11(2)16-9-13-8-14(18-5)6-7-15(13)19-12(3)10-17-4/h6-8,11-12,16H,9-10H2,1-5H3. The lowest BCUT2D eigenvalue weighted by Gasteiger charge is -2.18. The predicted octanol–water partition coefficient (Wildman–Crippen LogP) is 2.61. The number of rotatable bonds is 8. The third-order valence-electron chi connectivity index (χ3n) is 2.70. The molecule has 0 aliphatic heterocycles. The zero-order valence-corrected chi connectivity index (χ0v) is 12.5. The quantitative estimate of drug-likeness (QED) is 0.786. The lowest BCUT2D eigenvalue weighted by molar-refractivity contribution is 0.0912. The lowest BCUT2D eigenvalue weighted by atomic mass is 10.1. The second-order valence-electron chi connectivity index (χ2n) is 4.89. The van der Waals surface area contributed by atoms with E-state index >= 15 is 0 Å². The summed E-state index contributed by atoms with van der Waals surface area (Å²) in [5.74, 6) is 1.71. The highest BCUT2D eigenvalue weighted by Crippen LogP contribution is 2.25. The Bertz CT molecular complexity index is 380. The number of hydrogen-bond donors (Lipinski definition) is 1. The van der Waals surface area contributed by atoms with Crippen molar-refractivity contribution in [2.75, 3.05) is 20.8 Å². The van der Waals surface area contributed by atoms with Gasteiger partial charge in [0, 0.05) is 25.3 Å². The molecule has 0 bridgehead atoms. The molecule has 0 aliphatic rings. The van der Waals surface area contributed by atoms with Gasteiger partial charge in [-0.1, -0.05) is 13.8 Å². The van der Waals surface area contributed by atoms with Gasteiger partial charge in [-0.25, -0.2) is 0 Å². The van der Waals surface area contributed by atoms with Gasteiger partial charge in [-0.05, 0) is 25.1 Å². The summed E-state index contributed by atoms with van der Waals surface area (Å²) in [6.45, 7) is 7.56. The maximum Gasteiger partial charge on any atom is 0.124 e. The van der Waals surface area contributed by atoms with Gasteiger partial charge in [0.05, 0.1) is 13.7 Å². The van der Waals surface area contributed by atoms with Crippen LogP contribution in [0.15, 0.2) is 18.2 Å². The van der Waals surface area contributed by atoms with Crippen molar-refractivity contribution in [2.24, 2.45) is 0 Å². The molecule has 0 saturated carbocycles. The van der Waals surface area contributed by atoms with Crippen molar-refractivity contribution in [2.45, 2.75) is 39.5 Å². The molecule has 1 N–H and O–H groups in total. The second-order valence-corrected chi connectivity index (χ2v) is 4.89. The molecule has 0 aromatic heterocycles. The summed E-state index contributed by atoms with van der Waals surface area (Å²) in [4.78, 5) is 0. The molecule has 0 saturated heterocycles. The van der Waals surface area contributed by atoms with E-state index in [4.69, 9.17) is 14.2 Å². The van der Waals surface area contributed by atoms with Gasteiger partial charge < -0.3 is 19.5 Å². The molecule has 0 amide bonds. The number of methoxy groups -OCH3 is 2. The molecular formula is C15H25NO3. The molecule has 0 spiro atoms. The van der Waals surface area contributed by atoms with Crippen LogP contribution in [-0.2, 0) is 11.3 Å². The molecule has 1 aromatic carbocycles. The van der Waals surface area contributed by atoms with E-state index in [2.05, 4.69) is 19.2 Å². The third kappa shape index (κ3) is 5.49. The van der Waals surface area contributed by atoms with Crippen LogP contribution in [0.25, 0.3) is 0 Å². The summed E-state index contributed by atoms with van der Waals surface area (Å²) >= 11 is 0. The molecule has 4 heteroatoms. The van der Waals surface area contributed by atoms with E-state index in [9.17, 15) is 0 Å². The molecule has 0 heterocycles. The minimum absolute atomic E-state index is 0.0243. The van der Waals surface area contributed by atoms with E-state index in [0.717, 1.165) is 23.6 Å². The SMILES string of the molecule is COCC(C)Oc1ccc(OC)cc1CNC(C)C. The molecule has 108 valence electrons. The van der Waals surface area contributed by atoms with Crippen LogP contribution in [0.2, 0.25) is 0 Å². The average molecular weight is 267 g/mol. The molecule has 1 rings (SSSR count). The Morgan fingerprint density at radius 1 is 1.16 bits per heavy atom. The largest absolute Gasteiger partial charge is 0.497 e. The molecular weight excluding hydrogens is 242 g/mol. The smallest absolute Gasteiger partial charge is 0.124 e. The van der Waals surface area contributed by atoms with E-state index in [0.29, 0.717) is 12.6 Å². The number of nitrogens with one attached hydrogen (secondary N) is 1. The number of benzene rings is 1. The van der Waals surface area contributed by atoms with Crippen LogP contribution < -0.4 is 14.8 Å². The second kappa shape index (κ2) is 8.02. The molecule has 19 heavy (non-hydrogen) atoms. The third-order valence-corrected chi connectivity index (χ3v) is 2.70.